The number of nitrogens with zero attached hydrogens (tertiary/aromatic N) is 1. The smallest absolute Gasteiger partial charge is 0.408 e. The van der Waals surface area contributed by atoms with Crippen molar-refractivity contribution < 1.29 is 56.5 Å². The summed E-state index contributed by atoms with van der Waals surface area (Å²) in [4.78, 5) is 82.3. The average molecular weight is 848 g/mol. The first-order valence-corrected chi connectivity index (χ1v) is 20.2. The van der Waals surface area contributed by atoms with Crippen molar-refractivity contribution in [3.63, 3.8) is 0 Å². The minimum absolute atomic E-state index is 0.0373. The van der Waals surface area contributed by atoms with Crippen LogP contribution in [0.2, 0.25) is 0 Å². The van der Waals surface area contributed by atoms with Gasteiger partial charge < -0.3 is 46.3 Å². The van der Waals surface area contributed by atoms with Crippen molar-refractivity contribution in [3.05, 3.63) is 65.7 Å². The summed E-state index contributed by atoms with van der Waals surface area (Å²) in [7, 11) is -4.04. The van der Waals surface area contributed by atoms with Gasteiger partial charge in [0.05, 0.1) is 23.5 Å². The maximum Gasteiger partial charge on any atom is 0.408 e. The third-order valence-corrected chi connectivity index (χ3v) is 9.16. The summed E-state index contributed by atoms with van der Waals surface area (Å²) >= 11 is 0. The van der Waals surface area contributed by atoms with Crippen LogP contribution in [0.1, 0.15) is 78.9 Å². The largest absolute Gasteiger partial charge is 0.480 e. The molecule has 0 fully saturated rings. The molecule has 4 amide bonds. The van der Waals surface area contributed by atoms with E-state index in [1.54, 1.807) is 90.9 Å². The zero-order chi connectivity index (χ0) is 44.6. The number of alkyl carbamates (subject to hydrolysis) is 1. The molecule has 0 saturated heterocycles. The fourth-order valence-electron chi connectivity index (χ4n) is 4.81. The van der Waals surface area contributed by atoms with Crippen LogP contribution < -0.4 is 31.7 Å². The third kappa shape index (κ3) is 19.5. The van der Waals surface area contributed by atoms with E-state index in [1.165, 1.54) is 19.1 Å². The van der Waals surface area contributed by atoms with E-state index < -0.39 is 100 Å². The standard InChI is InChI=1S/C39H57N7O12S/c1-24-16-18-27(19-17-24)59(54,55)46-36(40)41-20-12-15-28(45-37(53)56-22-26-13-10-9-11-14-26)32(48)43-29(21-31(47)58-39(6,7)8)33(49)44-30(23-57-38(3,4)5)34(50)42-25(2)35(51)52/h9-11,13-14,16-19,25,28-30H,12,15,20-23H2,1-8H3,(H,42,50)(H,43,48)(H,44,49)(H,45,53)(H,51,52)(H3,40,41,46)/t25-,28-,29-,30-/m0/s1. The van der Waals surface area contributed by atoms with E-state index >= 15 is 0 Å². The van der Waals surface area contributed by atoms with Gasteiger partial charge in [-0.1, -0.05) is 48.0 Å². The van der Waals surface area contributed by atoms with Crippen molar-refractivity contribution in [2.45, 2.75) is 122 Å². The number of aliphatic carboxylic acids is 1. The first-order valence-electron chi connectivity index (χ1n) is 18.7. The van der Waals surface area contributed by atoms with E-state index in [0.717, 1.165) is 5.56 Å². The van der Waals surface area contributed by atoms with Crippen molar-refractivity contribution in [3.8, 4) is 0 Å². The van der Waals surface area contributed by atoms with E-state index in [-0.39, 0.29) is 30.9 Å². The average Bonchev–Trinajstić information content (AvgIpc) is 3.12. The van der Waals surface area contributed by atoms with Gasteiger partial charge in [-0.05, 0) is 85.9 Å². The molecule has 0 spiro atoms. The number of esters is 1. The molecule has 4 atom stereocenters. The number of aliphatic imine (C=N–C) groups is 1. The van der Waals surface area contributed by atoms with Gasteiger partial charge in [0, 0.05) is 6.54 Å². The zero-order valence-electron chi connectivity index (χ0n) is 34.6. The second-order valence-electron chi connectivity index (χ2n) is 15.5. The Morgan fingerprint density at radius 1 is 0.797 bits per heavy atom. The molecular formula is C39H57N7O12S. The third-order valence-electron chi connectivity index (χ3n) is 7.79. The molecule has 8 N–H and O–H groups in total. The number of hydrogen-bond acceptors (Lipinski definition) is 12. The van der Waals surface area contributed by atoms with Gasteiger partial charge in [0.2, 0.25) is 23.7 Å². The number of sulfonamides is 1. The van der Waals surface area contributed by atoms with Crippen LogP contribution in [-0.4, -0.2) is 104 Å². The fraction of sp³-hybridized carbons (Fsp3) is 0.513. The van der Waals surface area contributed by atoms with E-state index in [9.17, 15) is 42.3 Å². The summed E-state index contributed by atoms with van der Waals surface area (Å²) < 4.78 is 44.0. The van der Waals surface area contributed by atoms with Crippen molar-refractivity contribution in [2.24, 2.45) is 10.7 Å². The molecule has 0 aliphatic carbocycles. The molecule has 2 rings (SSSR count). The van der Waals surface area contributed by atoms with Gasteiger partial charge in [0.25, 0.3) is 10.0 Å². The number of ether oxygens (including phenoxy) is 3. The highest BCUT2D eigenvalue weighted by Gasteiger charge is 2.34. The van der Waals surface area contributed by atoms with E-state index in [1.807, 2.05) is 0 Å². The molecule has 0 aliphatic rings. The minimum atomic E-state index is -4.04. The molecule has 20 heteroatoms. The van der Waals surface area contributed by atoms with E-state index in [2.05, 4.69) is 31.0 Å². The molecule has 0 aliphatic heterocycles. The van der Waals surface area contributed by atoms with Crippen LogP contribution in [0.25, 0.3) is 0 Å². The predicted octanol–water partition coefficient (Wildman–Crippen LogP) is 1.77. The summed E-state index contributed by atoms with van der Waals surface area (Å²) in [5, 5.41) is 18.9. The zero-order valence-corrected chi connectivity index (χ0v) is 35.4. The number of carboxylic acid groups (broad SMARTS) is 1. The normalized spacial score (nSPS) is 14.1. The number of hydrogen-bond donors (Lipinski definition) is 7. The van der Waals surface area contributed by atoms with Gasteiger partial charge in [0.1, 0.15) is 36.4 Å². The molecule has 0 unspecified atom stereocenters. The molecule has 2 aromatic carbocycles. The lowest BCUT2D eigenvalue weighted by Crippen LogP contribution is -2.59. The van der Waals surface area contributed by atoms with Crippen LogP contribution in [0.5, 0.6) is 0 Å². The Morgan fingerprint density at radius 2 is 1.37 bits per heavy atom. The molecule has 0 heterocycles. The van der Waals surface area contributed by atoms with Gasteiger partial charge in [-0.2, -0.15) is 0 Å². The molecule has 0 saturated carbocycles. The van der Waals surface area contributed by atoms with Gasteiger partial charge in [-0.25, -0.2) is 17.9 Å². The number of carbonyl (C=O) groups excluding carboxylic acids is 5. The van der Waals surface area contributed by atoms with Gasteiger partial charge in [-0.3, -0.25) is 29.0 Å². The number of carbonyl (C=O) groups is 6. The van der Waals surface area contributed by atoms with Crippen LogP contribution >= 0.6 is 0 Å². The van der Waals surface area contributed by atoms with Crippen LogP contribution in [0.4, 0.5) is 4.79 Å². The first kappa shape index (κ1) is 49.4. The van der Waals surface area contributed by atoms with Gasteiger partial charge in [0.15, 0.2) is 0 Å². The summed E-state index contributed by atoms with van der Waals surface area (Å²) in [6, 6.07) is 8.83. The van der Waals surface area contributed by atoms with Crippen LogP contribution in [-0.2, 0) is 54.8 Å². The highest BCUT2D eigenvalue weighted by Crippen LogP contribution is 2.13. The van der Waals surface area contributed by atoms with Crippen molar-refractivity contribution >= 4 is 51.7 Å². The Morgan fingerprint density at radius 3 is 1.95 bits per heavy atom. The Labute approximate surface area is 344 Å². The highest BCUT2D eigenvalue weighted by molar-refractivity contribution is 7.90. The molecule has 2 aromatic rings. The maximum atomic E-state index is 13.9. The number of aryl methyl sites for hydroxylation is 1. The number of rotatable bonds is 20. The Bertz CT molecular complexity index is 1890. The van der Waals surface area contributed by atoms with Crippen LogP contribution in [0.15, 0.2) is 64.5 Å². The number of nitrogens with two attached hydrogens (primary N) is 1. The Balaban J connectivity index is 2.35. The molecule has 59 heavy (non-hydrogen) atoms. The first-order chi connectivity index (χ1) is 27.3. The van der Waals surface area contributed by atoms with Crippen molar-refractivity contribution in [1.29, 1.82) is 0 Å². The fourth-order valence-corrected chi connectivity index (χ4v) is 5.76. The monoisotopic (exact) mass is 847 g/mol. The highest BCUT2D eigenvalue weighted by atomic mass is 32.2. The SMILES string of the molecule is Cc1ccc(S(=O)(=O)NC(N)=NCCC[C@H](NC(=O)OCc2ccccc2)C(=O)N[C@@H](CC(=O)OC(C)(C)C)C(=O)N[C@@H](COC(C)(C)C)C(=O)N[C@@H](C)C(=O)O)cc1. The number of carboxylic acids is 1. The second-order valence-corrected chi connectivity index (χ2v) is 17.2. The molecular weight excluding hydrogens is 791 g/mol. The minimum Gasteiger partial charge on any atom is -0.480 e. The van der Waals surface area contributed by atoms with Crippen molar-refractivity contribution in [1.82, 2.24) is 26.0 Å². The van der Waals surface area contributed by atoms with E-state index in [0.29, 0.717) is 5.56 Å². The predicted molar refractivity (Wildman–Crippen MR) is 216 cm³/mol. The molecule has 326 valence electrons. The van der Waals surface area contributed by atoms with Gasteiger partial charge in [-0.15, -0.1) is 0 Å². The molecule has 0 radical (unpaired) electrons. The Hall–Kier alpha value is -5.76. The Kier molecular flexibility index (Phi) is 18.8. The summed E-state index contributed by atoms with van der Waals surface area (Å²) in [5.74, 6) is -5.56. The second kappa shape index (κ2) is 22.4. The summed E-state index contributed by atoms with van der Waals surface area (Å²) in [5.41, 5.74) is 5.58. The lowest BCUT2D eigenvalue weighted by atomic mass is 10.1. The number of nitrogens with one attached hydrogen (secondary N) is 5. The summed E-state index contributed by atoms with van der Waals surface area (Å²) in [6.07, 6.45) is -1.82. The van der Waals surface area contributed by atoms with Gasteiger partial charge >= 0.3 is 18.0 Å². The van der Waals surface area contributed by atoms with Crippen LogP contribution in [0, 0.1) is 6.92 Å². The van der Waals surface area contributed by atoms with E-state index in [4.69, 9.17) is 19.9 Å². The molecule has 19 nitrogen and oxygen atoms in total. The lowest BCUT2D eigenvalue weighted by molar-refractivity contribution is -0.156. The number of amides is 4. The molecule has 0 aromatic heterocycles. The topological polar surface area (TPSA) is 283 Å². The lowest BCUT2D eigenvalue weighted by Gasteiger charge is -2.28. The maximum absolute atomic E-state index is 13.9. The van der Waals surface area contributed by atoms with Crippen LogP contribution in [0.3, 0.4) is 0 Å². The molecule has 0 bridgehead atoms. The number of benzene rings is 2. The van der Waals surface area contributed by atoms with Crippen molar-refractivity contribution in [2.75, 3.05) is 13.2 Å². The summed E-state index contributed by atoms with van der Waals surface area (Å²) in [6.45, 7) is 12.2. The number of guanidine groups is 1. The quantitative estimate of drug-likeness (QED) is 0.0434.